The predicted molar refractivity (Wildman–Crippen MR) is 124 cm³/mol. The smallest absolute Gasteiger partial charge is 0.271 e. The molecular formula is C25H20FN3O5. The lowest BCUT2D eigenvalue weighted by Crippen LogP contribution is -2.14. The van der Waals surface area contributed by atoms with Crippen molar-refractivity contribution in [1.82, 2.24) is 0 Å². The third-order valence-corrected chi connectivity index (χ3v) is 4.85. The summed E-state index contributed by atoms with van der Waals surface area (Å²) in [5.41, 5.74) is 1.75. The summed E-state index contributed by atoms with van der Waals surface area (Å²) in [5.74, 6) is -0.237. The third kappa shape index (κ3) is 5.95. The number of nitrogens with one attached hydrogen (secondary N) is 1. The van der Waals surface area contributed by atoms with Crippen molar-refractivity contribution < 1.29 is 23.6 Å². The Morgan fingerprint density at radius 3 is 2.53 bits per heavy atom. The summed E-state index contributed by atoms with van der Waals surface area (Å²) in [4.78, 5) is 23.1. The van der Waals surface area contributed by atoms with E-state index in [1.165, 1.54) is 43.5 Å². The van der Waals surface area contributed by atoms with Gasteiger partial charge in [0, 0.05) is 12.1 Å². The number of anilines is 1. The summed E-state index contributed by atoms with van der Waals surface area (Å²) in [6.45, 7) is 1.88. The van der Waals surface area contributed by atoms with Gasteiger partial charge in [-0.1, -0.05) is 24.3 Å². The van der Waals surface area contributed by atoms with Gasteiger partial charge in [0.1, 0.15) is 24.1 Å². The van der Waals surface area contributed by atoms with Crippen molar-refractivity contribution in [2.24, 2.45) is 0 Å². The zero-order chi connectivity index (χ0) is 24.7. The topological polar surface area (TPSA) is 114 Å². The summed E-state index contributed by atoms with van der Waals surface area (Å²) in [6, 6.07) is 16.7. The van der Waals surface area contributed by atoms with Crippen LogP contribution in [0.25, 0.3) is 6.08 Å². The van der Waals surface area contributed by atoms with Gasteiger partial charge in [0.2, 0.25) is 0 Å². The molecule has 0 saturated heterocycles. The predicted octanol–water partition coefficient (Wildman–Crippen LogP) is 5.18. The Labute approximate surface area is 195 Å². The number of carbonyl (C=O) groups excluding carboxylic acids is 1. The van der Waals surface area contributed by atoms with Crippen molar-refractivity contribution >= 4 is 23.4 Å². The van der Waals surface area contributed by atoms with Crippen LogP contribution in [0.3, 0.4) is 0 Å². The molecule has 0 aliphatic heterocycles. The van der Waals surface area contributed by atoms with Gasteiger partial charge in [-0.15, -0.1) is 0 Å². The lowest BCUT2D eigenvalue weighted by Gasteiger charge is -2.12. The summed E-state index contributed by atoms with van der Waals surface area (Å²) in [6.07, 6.45) is 1.37. The Morgan fingerprint density at radius 2 is 1.88 bits per heavy atom. The van der Waals surface area contributed by atoms with E-state index in [2.05, 4.69) is 5.32 Å². The molecule has 3 aromatic carbocycles. The van der Waals surface area contributed by atoms with Gasteiger partial charge in [0.15, 0.2) is 11.5 Å². The number of benzene rings is 3. The molecule has 0 aliphatic carbocycles. The molecule has 0 heterocycles. The van der Waals surface area contributed by atoms with Crippen LogP contribution in [-0.4, -0.2) is 17.9 Å². The van der Waals surface area contributed by atoms with E-state index in [4.69, 9.17) is 9.47 Å². The first-order valence-corrected chi connectivity index (χ1v) is 10.0. The number of hydrogen-bond acceptors (Lipinski definition) is 6. The number of carbonyl (C=O) groups is 1. The maximum Gasteiger partial charge on any atom is 0.271 e. The van der Waals surface area contributed by atoms with E-state index in [0.29, 0.717) is 22.6 Å². The first-order chi connectivity index (χ1) is 16.3. The van der Waals surface area contributed by atoms with E-state index in [9.17, 15) is 24.6 Å². The van der Waals surface area contributed by atoms with Gasteiger partial charge in [-0.05, 0) is 54.0 Å². The van der Waals surface area contributed by atoms with Crippen LogP contribution in [0.5, 0.6) is 11.5 Å². The fourth-order valence-electron chi connectivity index (χ4n) is 3.00. The Kier molecular flexibility index (Phi) is 7.56. The second-order valence-corrected chi connectivity index (χ2v) is 7.21. The fourth-order valence-corrected chi connectivity index (χ4v) is 3.00. The summed E-state index contributed by atoms with van der Waals surface area (Å²) in [7, 11) is 1.45. The minimum atomic E-state index is -0.707. The molecule has 0 bridgehead atoms. The summed E-state index contributed by atoms with van der Waals surface area (Å²) in [5, 5.41) is 23.0. The highest BCUT2D eigenvalue weighted by molar-refractivity contribution is 6.10. The molecule has 172 valence electrons. The number of nitro groups is 1. The van der Waals surface area contributed by atoms with Crippen LogP contribution in [0, 0.1) is 34.2 Å². The molecule has 34 heavy (non-hydrogen) atoms. The van der Waals surface area contributed by atoms with E-state index >= 15 is 0 Å². The summed E-state index contributed by atoms with van der Waals surface area (Å²) >= 11 is 0. The number of non-ortho nitro benzene ring substituents is 1. The maximum absolute atomic E-state index is 13.1. The van der Waals surface area contributed by atoms with Crippen LogP contribution in [-0.2, 0) is 11.4 Å². The molecule has 0 fully saturated rings. The molecule has 8 nitrogen and oxygen atoms in total. The van der Waals surface area contributed by atoms with Crippen LogP contribution >= 0.6 is 0 Å². The minimum Gasteiger partial charge on any atom is -0.493 e. The molecule has 0 radical (unpaired) electrons. The highest BCUT2D eigenvalue weighted by Crippen LogP contribution is 2.30. The van der Waals surface area contributed by atoms with Crippen molar-refractivity contribution in [3.8, 4) is 17.6 Å². The Bertz CT molecular complexity index is 1300. The van der Waals surface area contributed by atoms with E-state index < -0.39 is 10.8 Å². The number of methoxy groups -OCH3 is 1. The number of nitriles is 1. The molecule has 3 rings (SSSR count). The first-order valence-electron chi connectivity index (χ1n) is 10.0. The number of hydrogen-bond donors (Lipinski definition) is 1. The van der Waals surface area contributed by atoms with E-state index in [1.54, 1.807) is 37.3 Å². The Hall–Kier alpha value is -4.71. The van der Waals surface area contributed by atoms with E-state index in [-0.39, 0.29) is 29.4 Å². The van der Waals surface area contributed by atoms with Gasteiger partial charge in [-0.3, -0.25) is 14.9 Å². The zero-order valence-corrected chi connectivity index (χ0v) is 18.4. The number of aryl methyl sites for hydroxylation is 1. The molecule has 0 saturated carbocycles. The number of halogens is 1. The number of nitrogens with zero attached hydrogens (tertiary/aromatic N) is 2. The average molecular weight is 461 g/mol. The molecule has 0 spiro atoms. The maximum atomic E-state index is 13.1. The Balaban J connectivity index is 1.78. The Morgan fingerprint density at radius 1 is 1.15 bits per heavy atom. The van der Waals surface area contributed by atoms with Crippen molar-refractivity contribution in [1.29, 1.82) is 5.26 Å². The number of rotatable bonds is 8. The second kappa shape index (κ2) is 10.7. The monoisotopic (exact) mass is 461 g/mol. The van der Waals surface area contributed by atoms with Gasteiger partial charge in [-0.2, -0.15) is 5.26 Å². The van der Waals surface area contributed by atoms with Crippen LogP contribution in [0.4, 0.5) is 15.8 Å². The number of nitro benzene ring substituents is 1. The standard InChI is InChI=1S/C25H20FN3O5/c1-16-3-9-21(29(31)32)13-22(16)28-25(30)19(14-27)11-18-6-10-23(24(12-18)33-2)34-15-17-4-7-20(26)8-5-17/h3-13H,15H2,1-2H3,(H,28,30)/b19-11+. The van der Waals surface area contributed by atoms with Crippen molar-refractivity contribution in [2.45, 2.75) is 13.5 Å². The number of amides is 1. The summed E-state index contributed by atoms with van der Waals surface area (Å²) < 4.78 is 24.1. The van der Waals surface area contributed by atoms with Gasteiger partial charge < -0.3 is 14.8 Å². The molecule has 0 atom stereocenters. The second-order valence-electron chi connectivity index (χ2n) is 7.21. The van der Waals surface area contributed by atoms with Crippen molar-refractivity contribution in [2.75, 3.05) is 12.4 Å². The van der Waals surface area contributed by atoms with Crippen molar-refractivity contribution in [3.63, 3.8) is 0 Å². The van der Waals surface area contributed by atoms with Crippen molar-refractivity contribution in [3.05, 3.63) is 98.9 Å². The SMILES string of the molecule is COc1cc(/C=C(\C#N)C(=O)Nc2cc([N+](=O)[O-])ccc2C)ccc1OCc1ccc(F)cc1. The van der Waals surface area contributed by atoms with E-state index in [1.807, 2.05) is 6.07 Å². The highest BCUT2D eigenvalue weighted by Gasteiger charge is 2.15. The molecule has 1 N–H and O–H groups in total. The molecule has 0 aromatic heterocycles. The molecular weight excluding hydrogens is 441 g/mol. The van der Waals surface area contributed by atoms with Crippen LogP contribution in [0.1, 0.15) is 16.7 Å². The first kappa shape index (κ1) is 23.9. The number of ether oxygens (including phenoxy) is 2. The molecule has 3 aromatic rings. The van der Waals surface area contributed by atoms with Crippen LogP contribution < -0.4 is 14.8 Å². The molecule has 0 unspecified atom stereocenters. The largest absolute Gasteiger partial charge is 0.493 e. The third-order valence-electron chi connectivity index (χ3n) is 4.85. The molecule has 0 aliphatic rings. The van der Waals surface area contributed by atoms with Crippen LogP contribution in [0.2, 0.25) is 0 Å². The lowest BCUT2D eigenvalue weighted by molar-refractivity contribution is -0.384. The lowest BCUT2D eigenvalue weighted by atomic mass is 10.1. The van der Waals surface area contributed by atoms with Gasteiger partial charge in [-0.25, -0.2) is 4.39 Å². The zero-order valence-electron chi connectivity index (χ0n) is 18.4. The molecule has 1 amide bonds. The van der Waals surface area contributed by atoms with Crippen LogP contribution in [0.15, 0.2) is 66.2 Å². The normalized spacial score (nSPS) is 10.8. The van der Waals surface area contributed by atoms with E-state index in [0.717, 1.165) is 5.56 Å². The van der Waals surface area contributed by atoms with Gasteiger partial charge in [0.05, 0.1) is 17.7 Å². The fraction of sp³-hybridized carbons (Fsp3) is 0.120. The van der Waals surface area contributed by atoms with Gasteiger partial charge >= 0.3 is 0 Å². The van der Waals surface area contributed by atoms with Gasteiger partial charge in [0.25, 0.3) is 11.6 Å². The average Bonchev–Trinajstić information content (AvgIpc) is 2.83. The molecule has 9 heteroatoms. The highest BCUT2D eigenvalue weighted by atomic mass is 19.1. The quantitative estimate of drug-likeness (QED) is 0.214. The minimum absolute atomic E-state index is 0.177.